The van der Waals surface area contributed by atoms with Gasteiger partial charge in [0.25, 0.3) is 5.91 Å². The molecule has 3 N–H and O–H groups in total. The van der Waals surface area contributed by atoms with E-state index in [4.69, 9.17) is 17.3 Å². The highest BCUT2D eigenvalue weighted by atomic mass is 35.5. The first-order valence-electron chi connectivity index (χ1n) is 6.49. The summed E-state index contributed by atoms with van der Waals surface area (Å²) in [6.07, 6.45) is 0. The predicted octanol–water partition coefficient (Wildman–Crippen LogP) is 4.33. The minimum Gasteiger partial charge on any atom is -0.398 e. The van der Waals surface area contributed by atoms with E-state index >= 15 is 0 Å². The average Bonchev–Trinajstić information content (AvgIpc) is 2.50. The normalized spacial score (nSPS) is 10.5. The summed E-state index contributed by atoms with van der Waals surface area (Å²) in [4.78, 5) is 12.4. The summed E-state index contributed by atoms with van der Waals surface area (Å²) >= 11 is 5.92. The maximum absolute atomic E-state index is 12.4. The van der Waals surface area contributed by atoms with Gasteiger partial charge in [0.1, 0.15) is 0 Å². The first-order valence-corrected chi connectivity index (χ1v) is 6.87. The van der Waals surface area contributed by atoms with Gasteiger partial charge in [-0.15, -0.1) is 0 Å². The molecule has 0 unspecified atom stereocenters. The number of hydrogen-bond acceptors (Lipinski definition) is 2. The van der Waals surface area contributed by atoms with Crippen molar-refractivity contribution in [1.29, 1.82) is 0 Å². The van der Waals surface area contributed by atoms with Crippen LogP contribution in [0.4, 0.5) is 11.4 Å². The second kappa shape index (κ2) is 5.46. The summed E-state index contributed by atoms with van der Waals surface area (Å²) in [5, 5.41) is 5.42. The van der Waals surface area contributed by atoms with E-state index in [1.165, 1.54) is 0 Å². The van der Waals surface area contributed by atoms with Crippen LogP contribution in [0, 0.1) is 0 Å². The lowest BCUT2D eigenvalue weighted by Crippen LogP contribution is -2.14. The number of hydrogen-bond donors (Lipinski definition) is 2. The number of nitrogens with two attached hydrogens (primary N) is 1. The zero-order chi connectivity index (χ0) is 14.8. The van der Waals surface area contributed by atoms with Gasteiger partial charge in [0.15, 0.2) is 0 Å². The molecule has 0 saturated heterocycles. The number of carbonyl (C=O) groups is 1. The van der Waals surface area contributed by atoms with Crippen LogP contribution in [0.2, 0.25) is 5.02 Å². The van der Waals surface area contributed by atoms with Gasteiger partial charge in [-0.3, -0.25) is 4.79 Å². The van der Waals surface area contributed by atoms with Crippen molar-refractivity contribution in [3.05, 3.63) is 71.2 Å². The number of halogens is 1. The van der Waals surface area contributed by atoms with Gasteiger partial charge in [-0.25, -0.2) is 0 Å². The Hall–Kier alpha value is -2.52. The summed E-state index contributed by atoms with van der Waals surface area (Å²) in [6.45, 7) is 0. The van der Waals surface area contributed by atoms with Crippen LogP contribution in [-0.2, 0) is 0 Å². The fourth-order valence-corrected chi connectivity index (χ4v) is 2.42. The Bertz CT molecular complexity index is 825. The van der Waals surface area contributed by atoms with Crippen molar-refractivity contribution >= 4 is 39.7 Å². The maximum atomic E-state index is 12.4. The molecular formula is C17H13ClN2O. The van der Waals surface area contributed by atoms with Gasteiger partial charge in [-0.2, -0.15) is 0 Å². The molecule has 3 aromatic rings. The third-order valence-electron chi connectivity index (χ3n) is 3.30. The number of anilines is 2. The number of fused-ring (bicyclic) bond motifs is 1. The molecule has 0 aliphatic heterocycles. The molecule has 1 amide bonds. The largest absolute Gasteiger partial charge is 0.398 e. The summed E-state index contributed by atoms with van der Waals surface area (Å²) in [7, 11) is 0. The van der Waals surface area contributed by atoms with Gasteiger partial charge in [-0.1, -0.05) is 48.0 Å². The van der Waals surface area contributed by atoms with E-state index in [1.54, 1.807) is 18.2 Å². The number of rotatable bonds is 2. The topological polar surface area (TPSA) is 55.1 Å². The van der Waals surface area contributed by atoms with Crippen LogP contribution in [0.1, 0.15) is 10.4 Å². The molecule has 3 aromatic carbocycles. The molecule has 21 heavy (non-hydrogen) atoms. The van der Waals surface area contributed by atoms with Crippen molar-refractivity contribution in [2.45, 2.75) is 0 Å². The number of nitrogen functional groups attached to an aromatic ring is 1. The van der Waals surface area contributed by atoms with Crippen molar-refractivity contribution < 1.29 is 4.79 Å². The van der Waals surface area contributed by atoms with Crippen molar-refractivity contribution in [2.24, 2.45) is 0 Å². The highest BCUT2D eigenvalue weighted by Crippen LogP contribution is 2.25. The van der Waals surface area contributed by atoms with Crippen LogP contribution in [-0.4, -0.2) is 5.91 Å². The average molecular weight is 297 g/mol. The van der Waals surface area contributed by atoms with Crippen molar-refractivity contribution in [3.8, 4) is 0 Å². The monoisotopic (exact) mass is 296 g/mol. The fraction of sp³-hybridized carbons (Fsp3) is 0. The molecule has 0 aliphatic rings. The highest BCUT2D eigenvalue weighted by Gasteiger charge is 2.12. The lowest BCUT2D eigenvalue weighted by atomic mass is 10.1. The van der Waals surface area contributed by atoms with Crippen LogP contribution >= 0.6 is 11.6 Å². The predicted molar refractivity (Wildman–Crippen MR) is 87.8 cm³/mol. The van der Waals surface area contributed by atoms with E-state index in [0.717, 1.165) is 16.5 Å². The Morgan fingerprint density at radius 2 is 1.76 bits per heavy atom. The molecule has 0 aliphatic carbocycles. The molecule has 0 heterocycles. The summed E-state index contributed by atoms with van der Waals surface area (Å²) in [6, 6.07) is 18.5. The molecule has 104 valence electrons. The summed E-state index contributed by atoms with van der Waals surface area (Å²) < 4.78 is 0. The van der Waals surface area contributed by atoms with Crippen LogP contribution in [0.25, 0.3) is 10.8 Å². The van der Waals surface area contributed by atoms with Crippen molar-refractivity contribution in [3.63, 3.8) is 0 Å². The van der Waals surface area contributed by atoms with Gasteiger partial charge < -0.3 is 11.1 Å². The molecule has 0 saturated carbocycles. The summed E-state index contributed by atoms with van der Waals surface area (Å²) in [5.41, 5.74) is 7.36. The molecule has 0 spiro atoms. The molecule has 0 radical (unpaired) electrons. The Kier molecular flexibility index (Phi) is 3.50. The third-order valence-corrected chi connectivity index (χ3v) is 3.53. The Balaban J connectivity index is 1.99. The SMILES string of the molecule is Nc1ccc(Cl)cc1C(=O)Nc1cccc2ccccc12. The molecule has 0 atom stereocenters. The van der Waals surface area contributed by atoms with E-state index in [-0.39, 0.29) is 5.91 Å². The zero-order valence-electron chi connectivity index (χ0n) is 11.1. The second-order valence-electron chi connectivity index (χ2n) is 4.71. The number of amides is 1. The molecule has 3 rings (SSSR count). The van der Waals surface area contributed by atoms with Crippen LogP contribution in [0.3, 0.4) is 0 Å². The first-order chi connectivity index (χ1) is 10.1. The van der Waals surface area contributed by atoms with Gasteiger partial charge in [-0.05, 0) is 29.7 Å². The van der Waals surface area contributed by atoms with Crippen molar-refractivity contribution in [1.82, 2.24) is 0 Å². The lowest BCUT2D eigenvalue weighted by Gasteiger charge is -2.10. The number of nitrogens with one attached hydrogen (secondary N) is 1. The molecule has 0 aromatic heterocycles. The zero-order valence-corrected chi connectivity index (χ0v) is 11.9. The van der Waals surface area contributed by atoms with Gasteiger partial charge in [0, 0.05) is 21.8 Å². The third kappa shape index (κ3) is 2.69. The lowest BCUT2D eigenvalue weighted by molar-refractivity contribution is 0.102. The van der Waals surface area contributed by atoms with Crippen LogP contribution in [0.5, 0.6) is 0 Å². The Morgan fingerprint density at radius 3 is 2.62 bits per heavy atom. The molecule has 3 nitrogen and oxygen atoms in total. The van der Waals surface area contributed by atoms with Crippen LogP contribution in [0.15, 0.2) is 60.7 Å². The Labute approximate surface area is 127 Å². The minimum absolute atomic E-state index is 0.272. The van der Waals surface area contributed by atoms with Gasteiger partial charge >= 0.3 is 0 Å². The molecule has 4 heteroatoms. The molecular weight excluding hydrogens is 284 g/mol. The fourth-order valence-electron chi connectivity index (χ4n) is 2.25. The quantitative estimate of drug-likeness (QED) is 0.692. The molecule has 0 bridgehead atoms. The van der Waals surface area contributed by atoms with E-state index in [9.17, 15) is 4.79 Å². The standard InChI is InChI=1S/C17H13ClN2O/c18-12-8-9-15(19)14(10-12)17(21)20-16-7-3-5-11-4-1-2-6-13(11)16/h1-10H,19H2,(H,20,21). The van der Waals surface area contributed by atoms with E-state index < -0.39 is 0 Å². The highest BCUT2D eigenvalue weighted by molar-refractivity contribution is 6.31. The maximum Gasteiger partial charge on any atom is 0.257 e. The number of carbonyl (C=O) groups excluding carboxylic acids is 1. The van der Waals surface area contributed by atoms with E-state index in [0.29, 0.717) is 16.3 Å². The Morgan fingerprint density at radius 1 is 1.00 bits per heavy atom. The first kappa shape index (κ1) is 13.5. The summed E-state index contributed by atoms with van der Waals surface area (Å²) in [5.74, 6) is -0.272. The van der Waals surface area contributed by atoms with Gasteiger partial charge in [0.05, 0.1) is 5.56 Å². The smallest absolute Gasteiger partial charge is 0.257 e. The van der Waals surface area contributed by atoms with Crippen molar-refractivity contribution in [2.75, 3.05) is 11.1 Å². The van der Waals surface area contributed by atoms with E-state index in [1.807, 2.05) is 42.5 Å². The van der Waals surface area contributed by atoms with Gasteiger partial charge in [0.2, 0.25) is 0 Å². The van der Waals surface area contributed by atoms with Crippen LogP contribution < -0.4 is 11.1 Å². The number of benzene rings is 3. The molecule has 0 fully saturated rings. The van der Waals surface area contributed by atoms with E-state index in [2.05, 4.69) is 5.32 Å². The second-order valence-corrected chi connectivity index (χ2v) is 5.15. The minimum atomic E-state index is -0.272.